The van der Waals surface area contributed by atoms with E-state index in [2.05, 4.69) is 90.9 Å². The molecule has 6 N–H and O–H groups in total. The van der Waals surface area contributed by atoms with E-state index in [-0.39, 0.29) is 36.0 Å². The maximum Gasteiger partial charge on any atom is 0.274 e. The molecule has 2 aromatic carbocycles. The molecule has 572 valence electrons. The third-order valence-electron chi connectivity index (χ3n) is 25.1. The molecule has 8 aliphatic rings. The molecule has 23 nitrogen and oxygen atoms in total. The fraction of sp³-hybridized carbons (Fsp3) is 0.565. The van der Waals surface area contributed by atoms with Crippen molar-refractivity contribution in [1.29, 1.82) is 0 Å². The number of nitrogens with zero attached hydrogens (tertiary/aromatic N) is 14. The number of aliphatic hydroxyl groups excluding tert-OH is 3. The number of carbonyl (C=O) groups is 3. The van der Waals surface area contributed by atoms with Crippen LogP contribution in [0, 0.1) is 11.8 Å². The number of piperidine rings is 3. The molecule has 0 spiro atoms. The van der Waals surface area contributed by atoms with Crippen LogP contribution in [0.4, 0.5) is 17.8 Å². The van der Waals surface area contributed by atoms with Gasteiger partial charge < -0.3 is 59.7 Å². The molecule has 5 saturated carbocycles. The van der Waals surface area contributed by atoms with Crippen LogP contribution < -0.4 is 16.0 Å². The summed E-state index contributed by atoms with van der Waals surface area (Å²) in [6, 6.07) is 21.5. The van der Waals surface area contributed by atoms with Crippen LogP contribution in [0.15, 0.2) is 116 Å². The van der Waals surface area contributed by atoms with Gasteiger partial charge >= 0.3 is 0 Å². The second kappa shape index (κ2) is 33.9. The maximum absolute atomic E-state index is 12.9. The molecule has 0 radical (unpaired) electrons. The molecule has 0 bridgehead atoms. The lowest BCUT2D eigenvalue weighted by Gasteiger charge is -2.32. The van der Waals surface area contributed by atoms with Crippen molar-refractivity contribution in [3.05, 3.63) is 150 Å². The quantitative estimate of drug-likeness (QED) is 0.0439. The Morgan fingerprint density at radius 3 is 1.15 bits per heavy atom. The van der Waals surface area contributed by atoms with Crippen LogP contribution >= 0.6 is 0 Å². The normalized spacial score (nSPS) is 25.2. The fourth-order valence-corrected chi connectivity index (χ4v) is 18.3. The number of anilines is 3. The summed E-state index contributed by atoms with van der Waals surface area (Å²) in [5.41, 5.74) is 8.84. The van der Waals surface area contributed by atoms with E-state index >= 15 is 0 Å². The Labute approximate surface area is 634 Å². The molecular weight excluding hydrogens is 1360 g/mol. The third kappa shape index (κ3) is 17.1. The number of fused-ring (bicyclic) bond motifs is 3. The lowest BCUT2D eigenvalue weighted by molar-refractivity contribution is 0.0701. The highest BCUT2D eigenvalue weighted by molar-refractivity contribution is 5.95. The van der Waals surface area contributed by atoms with Crippen LogP contribution in [0.5, 0.6) is 0 Å². The van der Waals surface area contributed by atoms with Gasteiger partial charge in [0.05, 0.1) is 24.5 Å². The second-order valence-electron chi connectivity index (χ2n) is 32.3. The summed E-state index contributed by atoms with van der Waals surface area (Å²) in [5, 5.41) is 44.1. The van der Waals surface area contributed by atoms with Crippen molar-refractivity contribution >= 4 is 68.7 Å². The van der Waals surface area contributed by atoms with Crippen molar-refractivity contribution in [2.24, 2.45) is 11.8 Å². The predicted octanol–water partition coefficient (Wildman–Crippen LogP) is 14.6. The van der Waals surface area contributed by atoms with Gasteiger partial charge in [0, 0.05) is 152 Å². The van der Waals surface area contributed by atoms with Crippen molar-refractivity contribution < 1.29 is 29.7 Å². The summed E-state index contributed by atoms with van der Waals surface area (Å²) >= 11 is 0. The first-order valence-corrected chi connectivity index (χ1v) is 40.9. The number of hydrogen-bond donors (Lipinski definition) is 6. The van der Waals surface area contributed by atoms with Crippen molar-refractivity contribution in [3.63, 3.8) is 0 Å². The topological polar surface area (TPSA) is 276 Å². The Balaban J connectivity index is 0.000000129. The van der Waals surface area contributed by atoms with Gasteiger partial charge in [-0.2, -0.15) is 15.0 Å². The monoisotopic (exact) mass is 1470 g/mol. The van der Waals surface area contributed by atoms with E-state index in [1.807, 2.05) is 94.0 Å². The van der Waals surface area contributed by atoms with Crippen LogP contribution in [-0.2, 0) is 0 Å². The number of benzene rings is 2. The summed E-state index contributed by atoms with van der Waals surface area (Å²) in [6.07, 6.45) is 40.4. The molecule has 8 fully saturated rings. The molecule has 3 aliphatic heterocycles. The number of amides is 3. The summed E-state index contributed by atoms with van der Waals surface area (Å²) in [6.45, 7) is 13.3. The largest absolute Gasteiger partial charge is 0.393 e. The summed E-state index contributed by atoms with van der Waals surface area (Å²) < 4.78 is 7.08. The van der Waals surface area contributed by atoms with E-state index in [1.54, 1.807) is 12.4 Å². The zero-order chi connectivity index (χ0) is 74.4. The van der Waals surface area contributed by atoms with Gasteiger partial charge in [-0.15, -0.1) is 0 Å². The van der Waals surface area contributed by atoms with Crippen molar-refractivity contribution in [1.82, 2.24) is 68.3 Å². The third-order valence-corrected chi connectivity index (χ3v) is 25.1. The van der Waals surface area contributed by atoms with E-state index in [0.717, 1.165) is 223 Å². The molecule has 7 aromatic heterocycles. The van der Waals surface area contributed by atoms with E-state index < -0.39 is 0 Å². The number of hydrogen-bond acceptors (Lipinski definition) is 17. The number of carbonyl (C=O) groups excluding carboxylic acids is 3. The Kier molecular flexibility index (Phi) is 23.4. The standard InChI is InChI=1S/2C29H37N5O2.C27H37N7O2/c2*1-2-19-16-26(19)31-29-30-17-24-25(18-34(27(24)32-29)22-8-10-23(35)11-9-22)20-12-14-33(15-13-20)28(36)21-6-4-3-5-7-21;1-3-4-18(2)31-27-30-15-22-23(17-34(25(22)32-27)20-5-7-21(35)8-6-20)19-9-13-33(14-10-19)26(36)24-16-28-11-12-29-24/h2*3-7,17-20,22-23,26,35H,2,8-16H2,1H3,(H,30,31,32);11-12,15-21,35H,3-10,13-14H2,1-2H3,(H,30,31,32)/t2*19-,22?,23?,26-;18-,20?,21?/m100/s1. The van der Waals surface area contributed by atoms with E-state index in [9.17, 15) is 29.7 Å². The Hall–Kier alpha value is -8.93. The number of rotatable bonds is 19. The smallest absolute Gasteiger partial charge is 0.274 e. The van der Waals surface area contributed by atoms with Crippen molar-refractivity contribution in [2.75, 3.05) is 55.2 Å². The van der Waals surface area contributed by atoms with Crippen molar-refractivity contribution in [2.45, 2.75) is 254 Å². The molecule has 23 heteroatoms. The van der Waals surface area contributed by atoms with Gasteiger partial charge in [-0.3, -0.25) is 19.4 Å². The number of aromatic nitrogens is 11. The minimum Gasteiger partial charge on any atom is -0.393 e. The molecule has 5 atom stereocenters. The molecule has 9 aromatic rings. The lowest BCUT2D eigenvalue weighted by atomic mass is 9.89. The predicted molar refractivity (Wildman–Crippen MR) is 421 cm³/mol. The average molecular weight is 1470 g/mol. The first-order valence-electron chi connectivity index (χ1n) is 40.9. The minimum absolute atomic E-state index is 0.0509. The van der Waals surface area contributed by atoms with Crippen molar-refractivity contribution in [3.8, 4) is 0 Å². The number of aliphatic hydroxyl groups is 3. The summed E-state index contributed by atoms with van der Waals surface area (Å²) in [7, 11) is 0. The average Bonchev–Trinajstić information content (AvgIpc) is 1.62. The maximum atomic E-state index is 12.9. The highest BCUT2D eigenvalue weighted by atomic mass is 16.3. The second-order valence-corrected chi connectivity index (χ2v) is 32.3. The van der Waals surface area contributed by atoms with Crippen LogP contribution in [0.25, 0.3) is 33.1 Å². The molecule has 10 heterocycles. The van der Waals surface area contributed by atoms with Gasteiger partial charge in [0.2, 0.25) is 17.8 Å². The number of nitrogens with one attached hydrogen (secondary N) is 3. The summed E-state index contributed by atoms with van der Waals surface area (Å²) in [5.74, 6) is 4.92. The molecule has 108 heavy (non-hydrogen) atoms. The first kappa shape index (κ1) is 74.5. The zero-order valence-corrected chi connectivity index (χ0v) is 63.6. The highest BCUT2D eigenvalue weighted by Crippen LogP contribution is 2.44. The molecule has 3 amide bonds. The van der Waals surface area contributed by atoms with E-state index in [1.165, 1.54) is 48.6 Å². The van der Waals surface area contributed by atoms with Gasteiger partial charge in [0.25, 0.3) is 17.7 Å². The highest BCUT2D eigenvalue weighted by Gasteiger charge is 2.39. The van der Waals surface area contributed by atoms with Crippen LogP contribution in [0.3, 0.4) is 0 Å². The van der Waals surface area contributed by atoms with Gasteiger partial charge in [-0.25, -0.2) is 19.9 Å². The Bertz CT molecular complexity index is 4050. The van der Waals surface area contributed by atoms with E-state index in [0.29, 0.717) is 78.7 Å². The molecule has 5 aliphatic carbocycles. The molecule has 17 rings (SSSR count). The fourth-order valence-electron chi connectivity index (χ4n) is 18.3. The van der Waals surface area contributed by atoms with Gasteiger partial charge in [-0.1, -0.05) is 76.4 Å². The van der Waals surface area contributed by atoms with Crippen LogP contribution in [0.1, 0.15) is 266 Å². The Morgan fingerprint density at radius 2 is 0.806 bits per heavy atom. The summed E-state index contributed by atoms with van der Waals surface area (Å²) in [4.78, 5) is 82.0. The Morgan fingerprint density at radius 1 is 0.444 bits per heavy atom. The van der Waals surface area contributed by atoms with Gasteiger partial charge in [0.1, 0.15) is 22.6 Å². The first-order chi connectivity index (χ1) is 52.7. The molecule has 3 saturated heterocycles. The SMILES string of the molecule is CCC[C@H](C)Nc1ncc2c(C3CCN(C(=O)c4cnccn4)CC3)cn(C3CCC(O)CC3)c2n1.CC[C@@H]1C[C@H]1Nc1ncc2c(C3CCN(C(=O)c4ccccc4)CC3)cn(C3CCC(O)CC3)c2n1.CC[C@H]1C[C@@H]1Nc1ncc2c(C3CCN(C(=O)c4ccccc4)CC3)cn(C3CCC(O)CC3)c2n1. The van der Waals surface area contributed by atoms with Crippen LogP contribution in [-0.4, -0.2) is 177 Å². The minimum atomic E-state index is -0.194. The molecular formula is C85H111N17O6. The van der Waals surface area contributed by atoms with Gasteiger partial charge in [0.15, 0.2) is 0 Å². The van der Waals surface area contributed by atoms with E-state index in [4.69, 9.17) is 24.9 Å². The molecule has 0 unspecified atom stereocenters. The van der Waals surface area contributed by atoms with Gasteiger partial charge in [-0.05, 0) is 212 Å². The number of likely N-dealkylation sites (tertiary alicyclic amines) is 3. The van der Waals surface area contributed by atoms with Crippen LogP contribution in [0.2, 0.25) is 0 Å². The zero-order valence-electron chi connectivity index (χ0n) is 63.6. The lowest BCUT2D eigenvalue weighted by Crippen LogP contribution is -2.38.